The fourth-order valence-corrected chi connectivity index (χ4v) is 4.45. The van der Waals surface area contributed by atoms with E-state index >= 15 is 0 Å². The Hall–Kier alpha value is -1.40. The van der Waals surface area contributed by atoms with Crippen LogP contribution in [0.5, 0.6) is 0 Å². The van der Waals surface area contributed by atoms with Crippen molar-refractivity contribution in [2.75, 3.05) is 0 Å². The average molecular weight is 369 g/mol. The zero-order valence-electron chi connectivity index (χ0n) is 13.5. The summed E-state index contributed by atoms with van der Waals surface area (Å²) >= 11 is 7.08. The molecule has 1 heterocycles. The van der Waals surface area contributed by atoms with Gasteiger partial charge in [0.1, 0.15) is 0 Å². The van der Waals surface area contributed by atoms with E-state index in [-0.39, 0.29) is 22.6 Å². The number of nitrogens with one attached hydrogen (secondary N) is 1. The number of nitrogens with zero attached hydrogens (tertiary/aromatic N) is 1. The zero-order chi connectivity index (χ0) is 17.1. The molecule has 7 heteroatoms. The summed E-state index contributed by atoms with van der Waals surface area (Å²) in [6.45, 7) is 1.88. The molecule has 1 aliphatic heterocycles. The molecule has 2 amide bonds. The number of hydroxylamine groups is 2. The smallest absolute Gasteiger partial charge is 0.318 e. The second-order valence-electron chi connectivity index (χ2n) is 6.28. The van der Waals surface area contributed by atoms with Gasteiger partial charge in [0.2, 0.25) is 0 Å². The second-order valence-corrected chi connectivity index (χ2v) is 7.81. The normalized spacial score (nSPS) is 24.9. The highest BCUT2D eigenvalue weighted by Crippen LogP contribution is 2.43. The van der Waals surface area contributed by atoms with Gasteiger partial charge in [-0.3, -0.25) is 4.79 Å². The number of rotatable bonds is 3. The second kappa shape index (κ2) is 7.66. The molecule has 1 saturated carbocycles. The molecule has 2 aliphatic rings. The lowest BCUT2D eigenvalue weighted by Gasteiger charge is -2.25. The number of amides is 2. The zero-order valence-corrected chi connectivity index (χ0v) is 15.1. The Morgan fingerprint density at radius 3 is 2.58 bits per heavy atom. The molecule has 1 saturated heterocycles. The topological polar surface area (TPSA) is 58.6 Å². The summed E-state index contributed by atoms with van der Waals surface area (Å²) < 4.78 is 0. The van der Waals surface area contributed by atoms with Gasteiger partial charge in [-0.05, 0) is 37.5 Å². The maximum atomic E-state index is 12.2. The van der Waals surface area contributed by atoms with Crippen LogP contribution in [0.1, 0.15) is 49.8 Å². The summed E-state index contributed by atoms with van der Waals surface area (Å²) in [5, 5.41) is 4.37. The molecule has 1 aromatic rings. The van der Waals surface area contributed by atoms with E-state index in [1.165, 1.54) is 23.2 Å². The van der Waals surface area contributed by atoms with Crippen molar-refractivity contribution in [1.82, 2.24) is 10.4 Å². The van der Waals surface area contributed by atoms with Crippen LogP contribution in [0.2, 0.25) is 5.02 Å². The maximum absolute atomic E-state index is 12.2. The molecule has 2 atom stereocenters. The minimum absolute atomic E-state index is 0.0859. The molecule has 2 unspecified atom stereocenters. The highest BCUT2D eigenvalue weighted by Gasteiger charge is 2.41. The summed E-state index contributed by atoms with van der Waals surface area (Å²) in [7, 11) is 0. The highest BCUT2D eigenvalue weighted by atomic mass is 35.5. The van der Waals surface area contributed by atoms with Gasteiger partial charge < -0.3 is 10.2 Å². The molecular weight excluding hydrogens is 348 g/mol. The molecule has 24 heavy (non-hydrogen) atoms. The van der Waals surface area contributed by atoms with Crippen molar-refractivity contribution < 1.29 is 14.4 Å². The minimum Gasteiger partial charge on any atom is -0.318 e. The van der Waals surface area contributed by atoms with E-state index in [1.54, 1.807) is 12.1 Å². The fourth-order valence-electron chi connectivity index (χ4n) is 3.20. The summed E-state index contributed by atoms with van der Waals surface area (Å²) in [5.41, 5.74) is 0.990. The van der Waals surface area contributed by atoms with E-state index in [1.807, 2.05) is 19.1 Å². The van der Waals surface area contributed by atoms with E-state index in [0.29, 0.717) is 5.02 Å². The summed E-state index contributed by atoms with van der Waals surface area (Å²) in [6, 6.07) is 7.31. The van der Waals surface area contributed by atoms with Crippen LogP contribution in [0.4, 0.5) is 9.59 Å². The third kappa shape index (κ3) is 3.98. The summed E-state index contributed by atoms with van der Waals surface area (Å²) in [6.07, 6.45) is 4.87. The van der Waals surface area contributed by atoms with Gasteiger partial charge in [-0.25, -0.2) is 4.79 Å². The monoisotopic (exact) mass is 368 g/mol. The Balaban J connectivity index is 1.60. The Morgan fingerprint density at radius 2 is 1.92 bits per heavy atom. The van der Waals surface area contributed by atoms with Crippen molar-refractivity contribution in [3.8, 4) is 0 Å². The van der Waals surface area contributed by atoms with Gasteiger partial charge in [-0.15, -0.1) is 0 Å². The van der Waals surface area contributed by atoms with Gasteiger partial charge in [-0.2, -0.15) is 5.06 Å². The first-order valence-electron chi connectivity index (χ1n) is 8.28. The first-order valence-corrected chi connectivity index (χ1v) is 9.54. The quantitative estimate of drug-likeness (QED) is 0.823. The van der Waals surface area contributed by atoms with Crippen LogP contribution in [-0.4, -0.2) is 28.5 Å². The molecule has 3 rings (SSSR count). The molecule has 5 nitrogen and oxygen atoms in total. The Morgan fingerprint density at radius 1 is 1.25 bits per heavy atom. The molecule has 0 spiro atoms. The van der Waals surface area contributed by atoms with Crippen LogP contribution in [0.15, 0.2) is 24.3 Å². The lowest BCUT2D eigenvalue weighted by atomic mass is 9.96. The number of carbonyl (C=O) groups excluding carboxylic acids is 2. The van der Waals surface area contributed by atoms with Crippen LogP contribution in [-0.2, 0) is 4.84 Å². The summed E-state index contributed by atoms with van der Waals surface area (Å²) in [4.78, 5) is 29.6. The van der Waals surface area contributed by atoms with Gasteiger partial charge in [-0.1, -0.05) is 54.8 Å². The largest absolute Gasteiger partial charge is 0.431 e. The molecule has 0 aromatic heterocycles. The first-order chi connectivity index (χ1) is 11.5. The van der Waals surface area contributed by atoms with Crippen molar-refractivity contribution in [2.24, 2.45) is 0 Å². The van der Waals surface area contributed by atoms with Crippen molar-refractivity contribution in [3.05, 3.63) is 34.9 Å². The molecule has 0 bridgehead atoms. The first kappa shape index (κ1) is 17.4. The minimum atomic E-state index is -0.542. The maximum Gasteiger partial charge on any atom is 0.431 e. The van der Waals surface area contributed by atoms with Crippen LogP contribution >= 0.6 is 23.4 Å². The van der Waals surface area contributed by atoms with Gasteiger partial charge in [0, 0.05) is 11.1 Å². The van der Waals surface area contributed by atoms with E-state index in [4.69, 9.17) is 16.4 Å². The average Bonchev–Trinajstić information content (AvgIpc) is 2.85. The lowest BCUT2D eigenvalue weighted by molar-refractivity contribution is -0.0716. The van der Waals surface area contributed by atoms with Crippen LogP contribution in [0.25, 0.3) is 0 Å². The highest BCUT2D eigenvalue weighted by molar-refractivity contribution is 8.14. The van der Waals surface area contributed by atoms with Crippen LogP contribution in [0, 0.1) is 0 Å². The Labute approximate surface area is 151 Å². The molecular formula is C17H21ClN2O3S. The number of carbonyl (C=O) groups is 2. The predicted octanol–water partition coefficient (Wildman–Crippen LogP) is 4.91. The predicted molar refractivity (Wildman–Crippen MR) is 95.0 cm³/mol. The number of hydrogen-bond acceptors (Lipinski definition) is 4. The molecule has 1 aromatic carbocycles. The van der Waals surface area contributed by atoms with E-state index in [9.17, 15) is 9.59 Å². The van der Waals surface area contributed by atoms with Gasteiger partial charge in [0.05, 0.1) is 11.3 Å². The van der Waals surface area contributed by atoms with Crippen molar-refractivity contribution >= 4 is 34.7 Å². The molecule has 2 fully saturated rings. The van der Waals surface area contributed by atoms with Crippen molar-refractivity contribution in [1.29, 1.82) is 0 Å². The van der Waals surface area contributed by atoms with Crippen molar-refractivity contribution in [3.63, 3.8) is 0 Å². The summed E-state index contributed by atoms with van der Waals surface area (Å²) in [5.74, 6) is 0. The molecule has 1 N–H and O–H groups in total. The number of hydrogen-bond donors (Lipinski definition) is 1. The van der Waals surface area contributed by atoms with E-state index in [0.717, 1.165) is 31.2 Å². The number of benzene rings is 1. The van der Waals surface area contributed by atoms with E-state index < -0.39 is 6.09 Å². The van der Waals surface area contributed by atoms with Gasteiger partial charge in [0.15, 0.2) is 0 Å². The molecule has 1 aliphatic carbocycles. The van der Waals surface area contributed by atoms with Crippen molar-refractivity contribution in [2.45, 2.75) is 56.4 Å². The third-order valence-corrected chi connectivity index (χ3v) is 6.08. The van der Waals surface area contributed by atoms with Gasteiger partial charge in [0.25, 0.3) is 0 Å². The van der Waals surface area contributed by atoms with Crippen LogP contribution in [0.3, 0.4) is 0 Å². The SMILES string of the molecule is CC1C(c2ccc(Cl)cc2)SC(=O)N1OC(=O)NC1CCCCC1. The Bertz CT molecular complexity index is 604. The van der Waals surface area contributed by atoms with E-state index in [2.05, 4.69) is 5.32 Å². The number of thioether (sulfide) groups is 1. The molecule has 130 valence electrons. The lowest BCUT2D eigenvalue weighted by Crippen LogP contribution is -2.42. The molecule has 0 radical (unpaired) electrons. The fraction of sp³-hybridized carbons (Fsp3) is 0.529. The number of halogens is 1. The van der Waals surface area contributed by atoms with Gasteiger partial charge >= 0.3 is 11.3 Å². The Kier molecular flexibility index (Phi) is 5.56. The third-order valence-electron chi connectivity index (χ3n) is 4.52. The van der Waals surface area contributed by atoms with Crippen LogP contribution < -0.4 is 5.32 Å². The standard InChI is InChI=1S/C17H21ClN2O3S/c1-11-15(12-7-9-13(18)10-8-12)24-17(22)20(11)23-16(21)19-14-5-3-2-4-6-14/h7-11,14-15H,2-6H2,1H3,(H,19,21).